The lowest BCUT2D eigenvalue weighted by Gasteiger charge is -2.36. The second-order valence-corrected chi connectivity index (χ2v) is 16.5. The molecule has 6 rings (SSSR count). The number of fused-ring (bicyclic) bond motifs is 2. The van der Waals surface area contributed by atoms with Gasteiger partial charge < -0.3 is 34.6 Å². The second kappa shape index (κ2) is 19.1. The summed E-state index contributed by atoms with van der Waals surface area (Å²) in [6, 6.07) is 18.0. The van der Waals surface area contributed by atoms with E-state index in [1.807, 2.05) is 39.1 Å². The van der Waals surface area contributed by atoms with E-state index in [1.165, 1.54) is 24.3 Å². The maximum atomic E-state index is 14.1. The van der Waals surface area contributed by atoms with Crippen LogP contribution in [0.5, 0.6) is 11.5 Å². The Bertz CT molecular complexity index is 2270. The highest BCUT2D eigenvalue weighted by Crippen LogP contribution is 2.44. The Kier molecular flexibility index (Phi) is 14.0. The molecule has 324 valence electrons. The van der Waals surface area contributed by atoms with Gasteiger partial charge in [0.15, 0.2) is 11.2 Å². The fourth-order valence-electron chi connectivity index (χ4n) is 8.44. The molecule has 14 heteroatoms. The predicted molar refractivity (Wildman–Crippen MR) is 231 cm³/mol. The summed E-state index contributed by atoms with van der Waals surface area (Å²) in [4.78, 5) is 59.0. The monoisotopic (exact) mass is 836 g/mol. The van der Waals surface area contributed by atoms with E-state index in [1.54, 1.807) is 73.1 Å². The number of aliphatic carboxylic acids is 1. The van der Waals surface area contributed by atoms with E-state index in [0.29, 0.717) is 77.8 Å². The van der Waals surface area contributed by atoms with Gasteiger partial charge in [0.25, 0.3) is 17.7 Å². The quantitative estimate of drug-likeness (QED) is 0.101. The summed E-state index contributed by atoms with van der Waals surface area (Å²) in [7, 11) is 8.63. The third-order valence-electron chi connectivity index (χ3n) is 12.0. The first-order valence-electron chi connectivity index (χ1n) is 20.8. The number of benzene rings is 3. The molecule has 4 aromatic rings. The van der Waals surface area contributed by atoms with Crippen LogP contribution in [-0.4, -0.2) is 120 Å². The number of methoxy groups -OCH3 is 2. The molecule has 61 heavy (non-hydrogen) atoms. The van der Waals surface area contributed by atoms with Crippen molar-refractivity contribution in [2.45, 2.75) is 63.8 Å². The average molecular weight is 837 g/mol. The summed E-state index contributed by atoms with van der Waals surface area (Å²) < 4.78 is 26.5. The van der Waals surface area contributed by atoms with Gasteiger partial charge in [-0.1, -0.05) is 26.0 Å². The van der Waals surface area contributed by atoms with E-state index >= 15 is 0 Å². The van der Waals surface area contributed by atoms with E-state index in [-0.39, 0.29) is 29.2 Å². The van der Waals surface area contributed by atoms with E-state index in [0.717, 1.165) is 43.5 Å². The summed E-state index contributed by atoms with van der Waals surface area (Å²) in [5, 5.41) is 18.2. The highest BCUT2D eigenvalue weighted by atomic mass is 19.1. The second-order valence-electron chi connectivity index (χ2n) is 16.5. The lowest BCUT2D eigenvalue weighted by atomic mass is 9.76. The number of carboxylic acids is 1. The fourth-order valence-corrected chi connectivity index (χ4v) is 8.44. The fraction of sp³-hybridized carbons (Fsp3) is 0.426. The third-order valence-corrected chi connectivity index (χ3v) is 12.0. The van der Waals surface area contributed by atoms with Crippen molar-refractivity contribution in [3.05, 3.63) is 107 Å². The number of carboxylic acid groups (broad SMARTS) is 1. The Balaban J connectivity index is 1.19. The molecule has 0 aliphatic heterocycles. The predicted octanol–water partition coefficient (Wildman–Crippen LogP) is 7.06. The molecule has 3 aromatic carbocycles. The van der Waals surface area contributed by atoms with Gasteiger partial charge in [-0.2, -0.15) is 5.10 Å². The van der Waals surface area contributed by atoms with Gasteiger partial charge in [0.1, 0.15) is 17.3 Å². The van der Waals surface area contributed by atoms with Gasteiger partial charge in [0.05, 0.1) is 31.2 Å². The molecular weight excluding hydrogens is 780 g/mol. The minimum Gasteiger partial charge on any atom is -0.496 e. The molecule has 0 radical (unpaired) electrons. The van der Waals surface area contributed by atoms with Crippen molar-refractivity contribution in [3.8, 4) is 28.4 Å². The first kappa shape index (κ1) is 44.5. The van der Waals surface area contributed by atoms with E-state index < -0.39 is 17.4 Å². The molecule has 2 aliphatic rings. The highest BCUT2D eigenvalue weighted by molar-refractivity contribution is 5.99. The van der Waals surface area contributed by atoms with Gasteiger partial charge in [-0.3, -0.25) is 14.4 Å². The molecule has 2 unspecified atom stereocenters. The minimum atomic E-state index is -1.51. The number of ether oxygens (including phenoxy) is 2. The maximum absolute atomic E-state index is 14.1. The van der Waals surface area contributed by atoms with Gasteiger partial charge in [-0.15, -0.1) is 0 Å². The molecule has 1 saturated carbocycles. The molecule has 1 aromatic heterocycles. The van der Waals surface area contributed by atoms with Crippen LogP contribution in [0, 0.1) is 11.7 Å². The number of carbonyl (C=O) groups excluding carboxylic acids is 3. The SMILES string of the molecule is COc1cccc(OC)c1-c1cc(C(=O)NC2(C(=O)O)CCC3CC=C2C3)nn1-c1ccc(C(=O)N(C)CCCN(C)CCCN(C)C(=O)c2ccc(F)cc2)cc1C(C)C. The topological polar surface area (TPSA) is 147 Å². The Hall–Kier alpha value is -6.02. The van der Waals surface area contributed by atoms with Gasteiger partial charge in [-0.05, 0) is 142 Å². The summed E-state index contributed by atoms with van der Waals surface area (Å²) >= 11 is 0. The number of amides is 3. The van der Waals surface area contributed by atoms with Crippen LogP contribution in [0.15, 0.2) is 78.4 Å². The Morgan fingerprint density at radius 3 is 2.08 bits per heavy atom. The normalized spacial score (nSPS) is 17.0. The molecule has 2 aliphatic carbocycles. The molecule has 2 bridgehead atoms. The largest absolute Gasteiger partial charge is 0.496 e. The van der Waals surface area contributed by atoms with Crippen molar-refractivity contribution in [2.75, 3.05) is 61.5 Å². The van der Waals surface area contributed by atoms with Crippen LogP contribution in [-0.2, 0) is 4.79 Å². The van der Waals surface area contributed by atoms with E-state index in [4.69, 9.17) is 14.6 Å². The van der Waals surface area contributed by atoms with Crippen molar-refractivity contribution >= 4 is 23.7 Å². The van der Waals surface area contributed by atoms with E-state index in [9.17, 15) is 28.7 Å². The number of hydrogen-bond acceptors (Lipinski definition) is 8. The summed E-state index contributed by atoms with van der Waals surface area (Å²) in [6.45, 7) is 6.63. The maximum Gasteiger partial charge on any atom is 0.333 e. The Morgan fingerprint density at radius 2 is 1.49 bits per heavy atom. The summed E-state index contributed by atoms with van der Waals surface area (Å²) in [6.07, 6.45) is 5.90. The van der Waals surface area contributed by atoms with E-state index in [2.05, 4.69) is 10.2 Å². The number of allylic oxidation sites excluding steroid dienone is 1. The molecule has 2 N–H and O–H groups in total. The Morgan fingerprint density at radius 1 is 0.885 bits per heavy atom. The molecule has 3 amide bonds. The summed E-state index contributed by atoms with van der Waals surface area (Å²) in [5.41, 5.74) is 2.68. The lowest BCUT2D eigenvalue weighted by Crippen LogP contribution is -2.57. The van der Waals surface area contributed by atoms with Crippen molar-refractivity contribution < 1.29 is 38.1 Å². The minimum absolute atomic E-state index is 0.0226. The van der Waals surface area contributed by atoms with Crippen LogP contribution in [0.4, 0.5) is 4.39 Å². The van der Waals surface area contributed by atoms with Crippen LogP contribution in [0.25, 0.3) is 16.9 Å². The average Bonchev–Trinajstić information content (AvgIpc) is 3.88. The molecule has 0 spiro atoms. The number of rotatable bonds is 18. The van der Waals surface area contributed by atoms with Crippen LogP contribution < -0.4 is 14.8 Å². The Labute approximate surface area is 357 Å². The number of halogens is 1. The number of carbonyl (C=O) groups is 4. The van der Waals surface area contributed by atoms with Gasteiger partial charge in [-0.25, -0.2) is 13.9 Å². The van der Waals surface area contributed by atoms with Crippen molar-refractivity contribution in [1.82, 2.24) is 29.8 Å². The molecular formula is C47H57FN6O7. The number of hydrogen-bond donors (Lipinski definition) is 2. The zero-order chi connectivity index (χ0) is 44.0. The van der Waals surface area contributed by atoms with Crippen molar-refractivity contribution in [1.29, 1.82) is 0 Å². The molecule has 1 heterocycles. The number of nitrogens with zero attached hydrogens (tertiary/aromatic N) is 5. The lowest BCUT2D eigenvalue weighted by molar-refractivity contribution is -0.143. The van der Waals surface area contributed by atoms with Crippen LogP contribution in [0.3, 0.4) is 0 Å². The molecule has 2 atom stereocenters. The number of nitrogens with one attached hydrogen (secondary N) is 1. The van der Waals surface area contributed by atoms with Crippen LogP contribution >= 0.6 is 0 Å². The summed E-state index contributed by atoms with van der Waals surface area (Å²) in [5.74, 6) is -1.07. The zero-order valence-corrected chi connectivity index (χ0v) is 36.2. The number of aromatic nitrogens is 2. The highest BCUT2D eigenvalue weighted by Gasteiger charge is 2.49. The zero-order valence-electron chi connectivity index (χ0n) is 36.2. The van der Waals surface area contributed by atoms with Gasteiger partial charge in [0, 0.05) is 38.3 Å². The van der Waals surface area contributed by atoms with Crippen molar-refractivity contribution in [2.24, 2.45) is 5.92 Å². The smallest absolute Gasteiger partial charge is 0.333 e. The molecule has 1 fully saturated rings. The van der Waals surface area contributed by atoms with Crippen LogP contribution in [0.2, 0.25) is 0 Å². The van der Waals surface area contributed by atoms with Gasteiger partial charge in [0.2, 0.25) is 0 Å². The molecule has 13 nitrogen and oxygen atoms in total. The van der Waals surface area contributed by atoms with Crippen LogP contribution in [0.1, 0.15) is 95.1 Å². The third kappa shape index (κ3) is 9.64. The molecule has 0 saturated heterocycles. The van der Waals surface area contributed by atoms with Crippen molar-refractivity contribution in [3.63, 3.8) is 0 Å². The first-order valence-corrected chi connectivity index (χ1v) is 20.8. The first-order chi connectivity index (χ1) is 29.2. The standard InChI is InChI=1S/C47H57FN6O7/c1-30(2)36-28-33(45(57)53(5)26-10-24-51(3)23-9-25-52(4)44(56)32-14-18-35(48)19-15-32)16-20-38(36)54-39(42-40(60-6)11-8-12-41(42)61-7)29-37(50-54)43(55)49-47(46(58)59)22-21-31-13-17-34(47)27-31/h8,11-12,14-20,28-31H,9-10,13,21-27H2,1-7H3,(H,49,55)(H,58,59). The van der Waals surface area contributed by atoms with Gasteiger partial charge >= 0.3 is 5.97 Å².